The molecule has 128 valence electrons. The number of para-hydroxylation sites is 1. The highest BCUT2D eigenvalue weighted by molar-refractivity contribution is 7.94. The Morgan fingerprint density at radius 2 is 1.88 bits per heavy atom. The summed E-state index contributed by atoms with van der Waals surface area (Å²) in [6, 6.07) is 8.68. The first-order chi connectivity index (χ1) is 11.5. The van der Waals surface area contributed by atoms with Crippen LogP contribution < -0.4 is 4.72 Å². The molecule has 7 heteroatoms. The van der Waals surface area contributed by atoms with Crippen molar-refractivity contribution in [2.24, 2.45) is 0 Å². The van der Waals surface area contributed by atoms with E-state index in [-0.39, 0.29) is 10.1 Å². The molecule has 5 nitrogen and oxygen atoms in total. The fourth-order valence-corrected chi connectivity index (χ4v) is 5.02. The third-order valence-corrected chi connectivity index (χ3v) is 6.92. The molecule has 0 saturated carbocycles. The Kier molecular flexibility index (Phi) is 4.91. The van der Waals surface area contributed by atoms with Crippen LogP contribution in [0.25, 0.3) is 0 Å². The van der Waals surface area contributed by atoms with Crippen LogP contribution in [0.4, 0.5) is 5.69 Å². The molecule has 0 spiro atoms. The molecule has 0 radical (unpaired) electrons. The highest BCUT2D eigenvalue weighted by atomic mass is 32.2. The molecule has 2 heterocycles. The van der Waals surface area contributed by atoms with Gasteiger partial charge in [0.25, 0.3) is 15.9 Å². The monoisotopic (exact) mass is 364 g/mol. The van der Waals surface area contributed by atoms with E-state index >= 15 is 0 Å². The lowest BCUT2D eigenvalue weighted by Crippen LogP contribution is -2.35. The zero-order valence-corrected chi connectivity index (χ0v) is 15.1. The molecule has 1 aliphatic heterocycles. The number of likely N-dealkylation sites (tertiary alicyclic amines) is 1. The van der Waals surface area contributed by atoms with Crippen molar-refractivity contribution >= 4 is 33.0 Å². The van der Waals surface area contributed by atoms with Crippen molar-refractivity contribution in [3.8, 4) is 0 Å². The summed E-state index contributed by atoms with van der Waals surface area (Å²) in [6.07, 6.45) is 3.17. The van der Waals surface area contributed by atoms with Crippen LogP contribution in [-0.4, -0.2) is 32.3 Å². The van der Waals surface area contributed by atoms with E-state index < -0.39 is 10.0 Å². The van der Waals surface area contributed by atoms with Gasteiger partial charge in [-0.1, -0.05) is 18.2 Å². The largest absolute Gasteiger partial charge is 0.339 e. The van der Waals surface area contributed by atoms with E-state index in [0.29, 0.717) is 11.3 Å². The van der Waals surface area contributed by atoms with Crippen LogP contribution in [0.15, 0.2) is 39.9 Å². The third kappa shape index (κ3) is 3.62. The van der Waals surface area contributed by atoms with Gasteiger partial charge in [-0.3, -0.25) is 9.52 Å². The molecule has 1 saturated heterocycles. The molecule has 0 unspecified atom stereocenters. The summed E-state index contributed by atoms with van der Waals surface area (Å²) in [7, 11) is -3.68. The highest BCUT2D eigenvalue weighted by Gasteiger charge is 2.23. The molecule has 1 fully saturated rings. The van der Waals surface area contributed by atoms with Gasteiger partial charge in [-0.25, -0.2) is 8.42 Å². The topological polar surface area (TPSA) is 66.5 Å². The maximum Gasteiger partial charge on any atom is 0.271 e. The van der Waals surface area contributed by atoms with E-state index in [2.05, 4.69) is 4.72 Å². The van der Waals surface area contributed by atoms with Crippen LogP contribution >= 0.6 is 11.3 Å². The Balaban J connectivity index is 1.79. The molecule has 1 aromatic carbocycles. The smallest absolute Gasteiger partial charge is 0.271 e. The van der Waals surface area contributed by atoms with Crippen molar-refractivity contribution in [1.29, 1.82) is 0 Å². The number of carbonyl (C=O) groups excluding carboxylic acids is 1. The second kappa shape index (κ2) is 6.94. The Bertz CT molecular complexity index is 837. The van der Waals surface area contributed by atoms with Crippen LogP contribution in [0.2, 0.25) is 0 Å². The fourth-order valence-electron chi connectivity index (χ4n) is 2.73. The maximum absolute atomic E-state index is 12.5. The number of nitrogens with one attached hydrogen (secondary N) is 1. The summed E-state index contributed by atoms with van der Waals surface area (Å²) in [6.45, 7) is 3.34. The number of carbonyl (C=O) groups is 1. The minimum atomic E-state index is -3.68. The van der Waals surface area contributed by atoms with Crippen molar-refractivity contribution in [3.63, 3.8) is 0 Å². The number of amides is 1. The van der Waals surface area contributed by atoms with Gasteiger partial charge in [0.1, 0.15) is 4.21 Å². The molecule has 1 aliphatic rings. The number of aryl methyl sites for hydroxylation is 1. The number of sulfonamides is 1. The summed E-state index contributed by atoms with van der Waals surface area (Å²) in [5, 5.41) is 1.63. The molecule has 1 N–H and O–H groups in total. The number of hydrogen-bond donors (Lipinski definition) is 1. The molecule has 0 aliphatic carbocycles. The number of nitrogens with zero attached hydrogens (tertiary/aromatic N) is 1. The summed E-state index contributed by atoms with van der Waals surface area (Å²) >= 11 is 1.08. The van der Waals surface area contributed by atoms with E-state index in [9.17, 15) is 13.2 Å². The van der Waals surface area contributed by atoms with Crippen molar-refractivity contribution in [3.05, 3.63) is 46.8 Å². The average molecular weight is 364 g/mol. The van der Waals surface area contributed by atoms with Crippen LogP contribution in [0.3, 0.4) is 0 Å². The first-order valence-electron chi connectivity index (χ1n) is 7.93. The van der Waals surface area contributed by atoms with Crippen LogP contribution in [0, 0.1) is 6.92 Å². The maximum atomic E-state index is 12.5. The first-order valence-corrected chi connectivity index (χ1v) is 10.3. The van der Waals surface area contributed by atoms with Crippen LogP contribution in [0.1, 0.15) is 35.2 Å². The zero-order chi connectivity index (χ0) is 17.2. The van der Waals surface area contributed by atoms with Gasteiger partial charge in [-0.2, -0.15) is 0 Å². The van der Waals surface area contributed by atoms with E-state index in [0.717, 1.165) is 49.3 Å². The van der Waals surface area contributed by atoms with Gasteiger partial charge >= 0.3 is 0 Å². The van der Waals surface area contributed by atoms with E-state index in [1.807, 2.05) is 19.1 Å². The normalized spacial score (nSPS) is 15.3. The lowest BCUT2D eigenvalue weighted by Gasteiger charge is -2.26. The second-order valence-electron chi connectivity index (χ2n) is 5.93. The quantitative estimate of drug-likeness (QED) is 0.903. The Morgan fingerprint density at radius 3 is 2.58 bits per heavy atom. The molecule has 1 aromatic heterocycles. The molecular weight excluding hydrogens is 344 g/mol. The molecule has 1 amide bonds. The molecule has 2 aromatic rings. The van der Waals surface area contributed by atoms with E-state index in [4.69, 9.17) is 0 Å². The van der Waals surface area contributed by atoms with Gasteiger partial charge in [0.15, 0.2) is 0 Å². The Hall–Kier alpha value is -1.86. The number of anilines is 1. The highest BCUT2D eigenvalue weighted by Crippen LogP contribution is 2.25. The van der Waals surface area contributed by atoms with Gasteiger partial charge in [0, 0.05) is 18.5 Å². The van der Waals surface area contributed by atoms with Gasteiger partial charge in [-0.05, 0) is 43.9 Å². The van der Waals surface area contributed by atoms with Gasteiger partial charge in [-0.15, -0.1) is 11.3 Å². The predicted octanol–water partition coefficient (Wildman–Crippen LogP) is 3.48. The molecule has 0 bridgehead atoms. The zero-order valence-electron chi connectivity index (χ0n) is 13.5. The Morgan fingerprint density at radius 1 is 1.17 bits per heavy atom. The van der Waals surface area contributed by atoms with Crippen LogP contribution in [0.5, 0.6) is 0 Å². The van der Waals surface area contributed by atoms with Crippen molar-refractivity contribution in [1.82, 2.24) is 4.90 Å². The molecule has 24 heavy (non-hydrogen) atoms. The van der Waals surface area contributed by atoms with Crippen LogP contribution in [-0.2, 0) is 10.0 Å². The minimum Gasteiger partial charge on any atom is -0.339 e. The van der Waals surface area contributed by atoms with E-state index in [1.165, 1.54) is 6.07 Å². The lowest BCUT2D eigenvalue weighted by atomic mass is 10.1. The number of piperidine rings is 1. The van der Waals surface area contributed by atoms with Gasteiger partial charge in [0.05, 0.1) is 11.3 Å². The minimum absolute atomic E-state index is 0.0803. The van der Waals surface area contributed by atoms with Crippen molar-refractivity contribution in [2.45, 2.75) is 30.4 Å². The summed E-state index contributed by atoms with van der Waals surface area (Å²) in [5.41, 5.74) is 1.85. The van der Waals surface area contributed by atoms with E-state index in [1.54, 1.807) is 22.4 Å². The third-order valence-electron chi connectivity index (χ3n) is 4.12. The molecule has 0 atom stereocenters. The van der Waals surface area contributed by atoms with Gasteiger partial charge in [0.2, 0.25) is 0 Å². The fraction of sp³-hybridized carbons (Fsp3) is 0.353. The number of thiophene rings is 1. The number of rotatable bonds is 4. The molecular formula is C17H20N2O3S2. The lowest BCUT2D eigenvalue weighted by molar-refractivity contribution is 0.0725. The standard InChI is InChI=1S/C17H20N2O3S2/c1-13-7-3-4-8-15(13)18-24(21,22)16-11-14(12-23-16)17(20)19-9-5-2-6-10-19/h3-4,7-8,11-12,18H,2,5-6,9-10H2,1H3. The number of benzene rings is 1. The molecule has 3 rings (SSSR count). The van der Waals surface area contributed by atoms with Gasteiger partial charge < -0.3 is 4.90 Å². The Labute approximate surface area is 146 Å². The number of hydrogen-bond acceptors (Lipinski definition) is 4. The summed E-state index contributed by atoms with van der Waals surface area (Å²) < 4.78 is 27.8. The summed E-state index contributed by atoms with van der Waals surface area (Å²) in [4.78, 5) is 14.3. The van der Waals surface area contributed by atoms with Crippen molar-refractivity contribution < 1.29 is 13.2 Å². The summed E-state index contributed by atoms with van der Waals surface area (Å²) in [5.74, 6) is -0.0803. The first kappa shape index (κ1) is 17.0. The second-order valence-corrected chi connectivity index (χ2v) is 8.75. The predicted molar refractivity (Wildman–Crippen MR) is 96.1 cm³/mol. The average Bonchev–Trinajstić information content (AvgIpc) is 3.08. The SMILES string of the molecule is Cc1ccccc1NS(=O)(=O)c1cc(C(=O)N2CCCCC2)cs1. The van der Waals surface area contributed by atoms with Crippen molar-refractivity contribution in [2.75, 3.05) is 17.8 Å².